The Labute approximate surface area is 171 Å². The van der Waals surface area contributed by atoms with Gasteiger partial charge < -0.3 is 19.3 Å². The van der Waals surface area contributed by atoms with Crippen molar-refractivity contribution in [2.75, 3.05) is 13.2 Å². The average molecular weight is 415 g/mol. The number of hydrogen-bond acceptors (Lipinski definition) is 6. The Hall–Kier alpha value is -2.31. The number of benzene rings is 2. The maximum atomic E-state index is 10.4. The van der Waals surface area contributed by atoms with Crippen molar-refractivity contribution < 1.29 is 18.5 Å². The SMILES string of the molecule is O=[PH](O)OCCCNCc1ccc(-c2noc(CCCc3ccccc3)n2)cc1. The molecule has 0 spiro atoms. The molecule has 29 heavy (non-hydrogen) atoms. The minimum absolute atomic E-state index is 0.283. The summed E-state index contributed by atoms with van der Waals surface area (Å²) < 4.78 is 20.5. The largest absolute Gasteiger partial charge is 0.339 e. The second-order valence-corrected chi connectivity index (χ2v) is 7.51. The summed E-state index contributed by atoms with van der Waals surface area (Å²) in [6.07, 6.45) is 3.41. The Morgan fingerprint density at radius 3 is 2.55 bits per heavy atom. The van der Waals surface area contributed by atoms with Crippen molar-refractivity contribution in [3.63, 3.8) is 0 Å². The molecule has 0 saturated carbocycles. The summed E-state index contributed by atoms with van der Waals surface area (Å²) in [5.74, 6) is 1.27. The lowest BCUT2D eigenvalue weighted by molar-refractivity contribution is 0.276. The molecule has 0 aliphatic heterocycles. The van der Waals surface area contributed by atoms with Crippen LogP contribution in [0, 0.1) is 0 Å². The number of nitrogens with zero attached hydrogens (tertiary/aromatic N) is 2. The first-order valence-corrected chi connectivity index (χ1v) is 11.0. The molecule has 3 rings (SSSR count). The molecule has 3 aromatic rings. The van der Waals surface area contributed by atoms with Crippen LogP contribution in [-0.4, -0.2) is 28.2 Å². The lowest BCUT2D eigenvalue weighted by Crippen LogP contribution is -2.15. The first-order valence-electron chi connectivity index (χ1n) is 9.73. The smallest absolute Gasteiger partial charge is 0.316 e. The fourth-order valence-electron chi connectivity index (χ4n) is 2.92. The van der Waals surface area contributed by atoms with E-state index in [1.807, 2.05) is 30.3 Å². The maximum absolute atomic E-state index is 10.4. The molecular weight excluding hydrogens is 389 g/mol. The number of aromatic nitrogens is 2. The molecule has 1 atom stereocenters. The lowest BCUT2D eigenvalue weighted by atomic mass is 10.1. The monoisotopic (exact) mass is 415 g/mol. The zero-order valence-corrected chi connectivity index (χ0v) is 17.2. The molecule has 0 bridgehead atoms. The molecule has 0 aliphatic carbocycles. The van der Waals surface area contributed by atoms with Crippen LogP contribution in [0.25, 0.3) is 11.4 Å². The van der Waals surface area contributed by atoms with Gasteiger partial charge in [-0.15, -0.1) is 0 Å². The molecule has 1 heterocycles. The molecule has 7 nitrogen and oxygen atoms in total. The number of hydrogen-bond donors (Lipinski definition) is 2. The minimum atomic E-state index is -2.82. The Kier molecular flexibility index (Phi) is 8.58. The van der Waals surface area contributed by atoms with Crippen molar-refractivity contribution in [2.45, 2.75) is 32.2 Å². The molecule has 0 saturated heterocycles. The van der Waals surface area contributed by atoms with Gasteiger partial charge in [0.1, 0.15) is 0 Å². The van der Waals surface area contributed by atoms with Gasteiger partial charge in [-0.2, -0.15) is 4.98 Å². The van der Waals surface area contributed by atoms with Gasteiger partial charge in [0.2, 0.25) is 11.7 Å². The number of nitrogens with one attached hydrogen (secondary N) is 1. The normalized spacial score (nSPS) is 12.2. The molecule has 0 amide bonds. The van der Waals surface area contributed by atoms with Crippen LogP contribution in [0.15, 0.2) is 59.1 Å². The van der Waals surface area contributed by atoms with Gasteiger partial charge in [-0.1, -0.05) is 59.8 Å². The number of aryl methyl sites for hydroxylation is 2. The molecule has 0 aliphatic rings. The summed E-state index contributed by atoms with van der Waals surface area (Å²) >= 11 is 0. The van der Waals surface area contributed by atoms with Crippen LogP contribution in [0.4, 0.5) is 0 Å². The van der Waals surface area contributed by atoms with Crippen molar-refractivity contribution in [2.24, 2.45) is 0 Å². The van der Waals surface area contributed by atoms with E-state index in [9.17, 15) is 4.57 Å². The van der Waals surface area contributed by atoms with Crippen LogP contribution in [-0.2, 0) is 28.5 Å². The topological polar surface area (TPSA) is 97.5 Å². The zero-order valence-electron chi connectivity index (χ0n) is 16.2. The summed E-state index contributed by atoms with van der Waals surface area (Å²) in [6.45, 7) is 1.71. The van der Waals surface area contributed by atoms with Gasteiger partial charge in [-0.05, 0) is 36.9 Å². The Morgan fingerprint density at radius 2 is 1.79 bits per heavy atom. The molecule has 0 radical (unpaired) electrons. The van der Waals surface area contributed by atoms with Crippen LogP contribution in [0.1, 0.15) is 29.9 Å². The van der Waals surface area contributed by atoms with Crippen molar-refractivity contribution in [1.82, 2.24) is 15.5 Å². The van der Waals surface area contributed by atoms with Crippen molar-refractivity contribution in [3.05, 3.63) is 71.6 Å². The highest BCUT2D eigenvalue weighted by atomic mass is 31.1. The Balaban J connectivity index is 1.41. The van der Waals surface area contributed by atoms with Gasteiger partial charge >= 0.3 is 8.25 Å². The van der Waals surface area contributed by atoms with E-state index in [1.165, 1.54) is 5.56 Å². The Morgan fingerprint density at radius 1 is 1.00 bits per heavy atom. The fourth-order valence-corrected chi connectivity index (χ4v) is 3.24. The summed E-state index contributed by atoms with van der Waals surface area (Å²) in [6, 6.07) is 18.4. The minimum Gasteiger partial charge on any atom is -0.339 e. The van der Waals surface area contributed by atoms with Crippen LogP contribution in [0.2, 0.25) is 0 Å². The highest BCUT2D eigenvalue weighted by molar-refractivity contribution is 7.32. The van der Waals surface area contributed by atoms with Crippen molar-refractivity contribution >= 4 is 8.25 Å². The zero-order chi connectivity index (χ0) is 20.3. The Bertz CT molecular complexity index is 884. The van der Waals surface area contributed by atoms with E-state index < -0.39 is 8.25 Å². The highest BCUT2D eigenvalue weighted by Gasteiger charge is 2.08. The van der Waals surface area contributed by atoms with E-state index in [0.717, 1.165) is 30.4 Å². The molecule has 1 unspecified atom stereocenters. The van der Waals surface area contributed by atoms with E-state index in [0.29, 0.717) is 31.2 Å². The summed E-state index contributed by atoms with van der Waals surface area (Å²) in [4.78, 5) is 13.1. The van der Waals surface area contributed by atoms with Gasteiger partial charge in [0.15, 0.2) is 0 Å². The van der Waals surface area contributed by atoms with Crippen LogP contribution < -0.4 is 5.32 Å². The van der Waals surface area contributed by atoms with Crippen LogP contribution in [0.5, 0.6) is 0 Å². The van der Waals surface area contributed by atoms with Crippen LogP contribution in [0.3, 0.4) is 0 Å². The van der Waals surface area contributed by atoms with Crippen LogP contribution >= 0.6 is 8.25 Å². The summed E-state index contributed by atoms with van der Waals surface area (Å²) in [5, 5.41) is 7.37. The van der Waals surface area contributed by atoms with Gasteiger partial charge in [-0.3, -0.25) is 4.57 Å². The third kappa shape index (κ3) is 7.55. The molecule has 2 N–H and O–H groups in total. The number of rotatable bonds is 12. The first kappa shape index (κ1) is 21.4. The molecular formula is C21H26N3O4P. The molecule has 2 aromatic carbocycles. The van der Waals surface area contributed by atoms with Gasteiger partial charge in [0.05, 0.1) is 6.61 Å². The lowest BCUT2D eigenvalue weighted by Gasteiger charge is -2.05. The van der Waals surface area contributed by atoms with Crippen molar-refractivity contribution in [3.8, 4) is 11.4 Å². The maximum Gasteiger partial charge on any atom is 0.316 e. The average Bonchev–Trinajstić information content (AvgIpc) is 3.20. The van der Waals surface area contributed by atoms with E-state index in [4.69, 9.17) is 9.42 Å². The molecule has 8 heteroatoms. The predicted molar refractivity (Wildman–Crippen MR) is 112 cm³/mol. The second-order valence-electron chi connectivity index (χ2n) is 6.69. The molecule has 1 aromatic heterocycles. The van der Waals surface area contributed by atoms with E-state index in [2.05, 4.69) is 44.2 Å². The van der Waals surface area contributed by atoms with Gasteiger partial charge in [0.25, 0.3) is 0 Å². The quantitative estimate of drug-likeness (QED) is 0.343. The highest BCUT2D eigenvalue weighted by Crippen LogP contribution is 2.18. The summed E-state index contributed by atoms with van der Waals surface area (Å²) in [5.41, 5.74) is 3.37. The van der Waals surface area contributed by atoms with E-state index in [1.54, 1.807) is 0 Å². The van der Waals surface area contributed by atoms with Gasteiger partial charge in [-0.25, -0.2) is 0 Å². The fraction of sp³-hybridized carbons (Fsp3) is 0.333. The standard InChI is InChI=1S/C21H26N3O4P/c25-29(26)27-15-5-14-22-16-18-10-12-19(13-11-18)21-23-20(28-24-21)9-4-8-17-6-2-1-3-7-17/h1-3,6-7,10-13,22,29H,4-5,8-9,14-16H2,(H,25,26). The second kappa shape index (κ2) is 11.6. The third-order valence-electron chi connectivity index (χ3n) is 4.43. The third-order valence-corrected chi connectivity index (χ3v) is 4.88. The summed E-state index contributed by atoms with van der Waals surface area (Å²) in [7, 11) is -2.82. The van der Waals surface area contributed by atoms with E-state index in [-0.39, 0.29) is 6.61 Å². The van der Waals surface area contributed by atoms with E-state index >= 15 is 0 Å². The first-order chi connectivity index (χ1) is 14.2. The predicted octanol–water partition coefficient (Wildman–Crippen LogP) is 3.79. The molecule has 154 valence electrons. The van der Waals surface area contributed by atoms with Gasteiger partial charge in [0, 0.05) is 18.5 Å². The molecule has 0 fully saturated rings. The van der Waals surface area contributed by atoms with Crippen molar-refractivity contribution in [1.29, 1.82) is 0 Å².